The first-order chi connectivity index (χ1) is 11.4. The maximum atomic E-state index is 7.52. The largest absolute Gasteiger partial charge is 0.382 e. The van der Waals surface area contributed by atoms with Crippen molar-refractivity contribution in [2.24, 2.45) is 24.3 Å². The number of azo groups is 1. The lowest BCUT2D eigenvalue weighted by Gasteiger charge is -2.15. The molecule has 0 fully saturated rings. The van der Waals surface area contributed by atoms with Crippen molar-refractivity contribution >= 4 is 23.0 Å². The summed E-state index contributed by atoms with van der Waals surface area (Å²) in [4.78, 5) is 3.63. The number of nitrogen functional groups attached to an aromatic ring is 1. The first-order valence-corrected chi connectivity index (χ1v) is 8.07. The minimum Gasteiger partial charge on any atom is -0.382 e. The van der Waals surface area contributed by atoms with Gasteiger partial charge in [-0.3, -0.25) is 9.36 Å². The van der Waals surface area contributed by atoms with Crippen molar-refractivity contribution < 1.29 is 0 Å². The molecule has 0 saturated carbocycles. The van der Waals surface area contributed by atoms with Gasteiger partial charge in [0.2, 0.25) is 0 Å². The third-order valence-corrected chi connectivity index (χ3v) is 3.84. The van der Waals surface area contributed by atoms with Crippen LogP contribution in [0.25, 0.3) is 4.85 Å². The van der Waals surface area contributed by atoms with Gasteiger partial charge in [0.15, 0.2) is 11.5 Å². The Balaban J connectivity index is 2.60. The third kappa shape index (κ3) is 3.40. The summed E-state index contributed by atoms with van der Waals surface area (Å²) in [6.07, 6.45) is 0. The molecule has 0 saturated heterocycles. The summed E-state index contributed by atoms with van der Waals surface area (Å²) < 4.78 is 3.18. The van der Waals surface area contributed by atoms with Gasteiger partial charge in [0.25, 0.3) is 5.69 Å². The van der Waals surface area contributed by atoms with Crippen LogP contribution < -0.4 is 5.73 Å². The Bertz CT molecular complexity index is 863. The number of hydrogen-bond donors (Lipinski definition) is 1. The molecule has 2 rings (SSSR count). The summed E-state index contributed by atoms with van der Waals surface area (Å²) in [6, 6.07) is 0. The number of hydrogen-bond acceptors (Lipinski definition) is 5. The van der Waals surface area contributed by atoms with Crippen LogP contribution in [-0.2, 0) is 24.9 Å². The molecule has 0 atom stereocenters. The Morgan fingerprint density at radius 3 is 1.92 bits per heavy atom. The van der Waals surface area contributed by atoms with Crippen LogP contribution in [0.5, 0.6) is 0 Å². The lowest BCUT2D eigenvalue weighted by molar-refractivity contribution is 0.553. The standard InChI is InChI=1S/C17H26N8/c1-16(2,3)12-10(14(18)24(8)22-12)20-21-15-11(19-7)13(17(4,5)6)23-25(15)9/h18H2,1-6,8-9H3/b21-20+. The van der Waals surface area contributed by atoms with Crippen LogP contribution in [0.1, 0.15) is 52.9 Å². The highest BCUT2D eigenvalue weighted by Gasteiger charge is 2.28. The van der Waals surface area contributed by atoms with Crippen molar-refractivity contribution in [3.63, 3.8) is 0 Å². The average molecular weight is 342 g/mol. The van der Waals surface area contributed by atoms with E-state index in [-0.39, 0.29) is 10.8 Å². The van der Waals surface area contributed by atoms with Gasteiger partial charge in [-0.05, 0) is 5.41 Å². The number of anilines is 1. The maximum absolute atomic E-state index is 7.52. The fraction of sp³-hybridized carbons (Fsp3) is 0.588. The maximum Gasteiger partial charge on any atom is 0.255 e. The van der Waals surface area contributed by atoms with E-state index in [0.717, 1.165) is 5.69 Å². The van der Waals surface area contributed by atoms with Crippen LogP contribution in [0.3, 0.4) is 0 Å². The third-order valence-electron chi connectivity index (χ3n) is 3.84. The Kier molecular flexibility index (Phi) is 4.47. The van der Waals surface area contributed by atoms with E-state index in [1.54, 1.807) is 23.5 Å². The SMILES string of the molecule is [C-]#[N+]c1c(C(C)(C)C)nn(C)c1/N=N/c1c(C(C)(C)C)nn(C)c1N. The molecule has 0 unspecified atom stereocenters. The van der Waals surface area contributed by atoms with E-state index in [4.69, 9.17) is 12.3 Å². The van der Waals surface area contributed by atoms with Crippen LogP contribution in [0, 0.1) is 6.57 Å². The number of aromatic nitrogens is 4. The van der Waals surface area contributed by atoms with E-state index < -0.39 is 0 Å². The summed E-state index contributed by atoms with van der Waals surface area (Å²) in [7, 11) is 3.53. The zero-order chi connectivity index (χ0) is 19.2. The average Bonchev–Trinajstić information content (AvgIpc) is 2.94. The van der Waals surface area contributed by atoms with Gasteiger partial charge in [-0.15, -0.1) is 10.2 Å². The predicted octanol–water partition coefficient (Wildman–Crippen LogP) is 4.30. The highest BCUT2D eigenvalue weighted by Crippen LogP contribution is 2.40. The molecule has 2 aromatic heterocycles. The molecule has 0 spiro atoms. The van der Waals surface area contributed by atoms with Gasteiger partial charge in [-0.25, -0.2) is 4.85 Å². The molecule has 8 nitrogen and oxygen atoms in total. The highest BCUT2D eigenvalue weighted by molar-refractivity contribution is 5.68. The van der Waals surface area contributed by atoms with E-state index in [1.807, 2.05) is 41.5 Å². The van der Waals surface area contributed by atoms with E-state index >= 15 is 0 Å². The molecular formula is C17H26N8. The van der Waals surface area contributed by atoms with Gasteiger partial charge in [0.05, 0.1) is 18.0 Å². The monoisotopic (exact) mass is 342 g/mol. The lowest BCUT2D eigenvalue weighted by Crippen LogP contribution is -2.12. The van der Waals surface area contributed by atoms with Gasteiger partial charge in [0.1, 0.15) is 5.82 Å². The van der Waals surface area contributed by atoms with Gasteiger partial charge in [0, 0.05) is 19.5 Å². The molecular weight excluding hydrogens is 316 g/mol. The fourth-order valence-corrected chi connectivity index (χ4v) is 2.45. The molecule has 2 heterocycles. The predicted molar refractivity (Wildman–Crippen MR) is 98.7 cm³/mol. The van der Waals surface area contributed by atoms with E-state index in [1.165, 1.54) is 0 Å². The zero-order valence-corrected chi connectivity index (χ0v) is 16.2. The van der Waals surface area contributed by atoms with Crippen molar-refractivity contribution in [3.05, 3.63) is 22.8 Å². The fourth-order valence-electron chi connectivity index (χ4n) is 2.45. The highest BCUT2D eigenvalue weighted by atomic mass is 15.4. The molecule has 0 amide bonds. The molecule has 0 bridgehead atoms. The van der Waals surface area contributed by atoms with Gasteiger partial charge >= 0.3 is 0 Å². The van der Waals surface area contributed by atoms with Crippen LogP contribution >= 0.6 is 0 Å². The second kappa shape index (κ2) is 5.99. The number of aryl methyl sites for hydroxylation is 2. The summed E-state index contributed by atoms with van der Waals surface area (Å²) in [6.45, 7) is 19.7. The van der Waals surface area contributed by atoms with Crippen LogP contribution in [0.2, 0.25) is 0 Å². The van der Waals surface area contributed by atoms with Crippen molar-refractivity contribution in [1.82, 2.24) is 19.6 Å². The Labute approximate surface area is 148 Å². The minimum absolute atomic E-state index is 0.227. The summed E-state index contributed by atoms with van der Waals surface area (Å²) in [5.41, 5.74) is 8.04. The Hall–Kier alpha value is -2.69. The molecule has 0 aliphatic carbocycles. The molecule has 0 radical (unpaired) electrons. The zero-order valence-electron chi connectivity index (χ0n) is 16.2. The number of nitrogens with zero attached hydrogens (tertiary/aromatic N) is 7. The van der Waals surface area contributed by atoms with Crippen LogP contribution in [0.4, 0.5) is 23.0 Å². The second-order valence-corrected chi connectivity index (χ2v) is 8.16. The number of nitrogens with two attached hydrogens (primary N) is 1. The molecule has 8 heteroatoms. The molecule has 0 aromatic carbocycles. The molecule has 2 N–H and O–H groups in total. The molecule has 2 aromatic rings. The van der Waals surface area contributed by atoms with Gasteiger partial charge in [-0.2, -0.15) is 10.2 Å². The molecule has 25 heavy (non-hydrogen) atoms. The topological polar surface area (TPSA) is 90.7 Å². The van der Waals surface area contributed by atoms with E-state index in [2.05, 4.69) is 25.3 Å². The summed E-state index contributed by atoms with van der Waals surface area (Å²) in [5, 5.41) is 17.6. The van der Waals surface area contributed by atoms with Crippen molar-refractivity contribution in [3.8, 4) is 0 Å². The first kappa shape index (κ1) is 18.6. The Morgan fingerprint density at radius 1 is 0.920 bits per heavy atom. The van der Waals surface area contributed by atoms with Crippen LogP contribution in [-0.4, -0.2) is 19.6 Å². The van der Waals surface area contributed by atoms with Crippen LogP contribution in [0.15, 0.2) is 10.2 Å². The minimum atomic E-state index is -0.255. The summed E-state index contributed by atoms with van der Waals surface area (Å²) in [5.74, 6) is 0.860. The second-order valence-electron chi connectivity index (χ2n) is 8.16. The van der Waals surface area contributed by atoms with Crippen molar-refractivity contribution in [1.29, 1.82) is 0 Å². The van der Waals surface area contributed by atoms with Gasteiger partial charge in [-0.1, -0.05) is 41.5 Å². The quantitative estimate of drug-likeness (QED) is 0.651. The summed E-state index contributed by atoms with van der Waals surface area (Å²) >= 11 is 0. The molecule has 0 aliphatic heterocycles. The van der Waals surface area contributed by atoms with E-state index in [0.29, 0.717) is 28.7 Å². The number of rotatable bonds is 2. The van der Waals surface area contributed by atoms with Crippen molar-refractivity contribution in [2.75, 3.05) is 5.73 Å². The van der Waals surface area contributed by atoms with Gasteiger partial charge < -0.3 is 5.73 Å². The molecule has 134 valence electrons. The normalized spacial score (nSPS) is 12.8. The Morgan fingerprint density at radius 2 is 1.44 bits per heavy atom. The lowest BCUT2D eigenvalue weighted by atomic mass is 9.91. The van der Waals surface area contributed by atoms with E-state index in [9.17, 15) is 0 Å². The van der Waals surface area contributed by atoms with Crippen molar-refractivity contribution in [2.45, 2.75) is 52.4 Å². The first-order valence-electron chi connectivity index (χ1n) is 8.07. The smallest absolute Gasteiger partial charge is 0.255 e. The molecule has 0 aliphatic rings.